The molecule has 7 heteroatoms. The Kier molecular flexibility index (Phi) is 7.68. The summed E-state index contributed by atoms with van der Waals surface area (Å²) in [5.74, 6) is 0.0691. The zero-order valence-corrected chi connectivity index (χ0v) is 15.5. The number of ether oxygens (including phenoxy) is 1. The van der Waals surface area contributed by atoms with Crippen molar-refractivity contribution in [2.45, 2.75) is 12.8 Å². The van der Waals surface area contributed by atoms with Gasteiger partial charge in [0.05, 0.1) is 13.2 Å². The molecule has 0 aromatic heterocycles. The SMILES string of the molecule is COCCNCC(=O)N1CCC(C(=O)Nc2ccc(Br)cc2)CC1. The van der Waals surface area contributed by atoms with E-state index < -0.39 is 0 Å². The first-order valence-electron chi connectivity index (χ1n) is 8.14. The Morgan fingerprint density at radius 1 is 1.25 bits per heavy atom. The van der Waals surface area contributed by atoms with Crippen molar-refractivity contribution >= 4 is 33.4 Å². The number of halogens is 1. The van der Waals surface area contributed by atoms with Gasteiger partial charge in [0.2, 0.25) is 11.8 Å². The van der Waals surface area contributed by atoms with Gasteiger partial charge in [0.1, 0.15) is 0 Å². The maximum Gasteiger partial charge on any atom is 0.236 e. The number of benzene rings is 1. The molecule has 0 unspecified atom stereocenters. The minimum atomic E-state index is -0.0425. The van der Waals surface area contributed by atoms with Gasteiger partial charge in [-0.05, 0) is 37.1 Å². The van der Waals surface area contributed by atoms with Gasteiger partial charge in [-0.1, -0.05) is 15.9 Å². The van der Waals surface area contributed by atoms with Gasteiger partial charge in [-0.3, -0.25) is 9.59 Å². The monoisotopic (exact) mass is 397 g/mol. The lowest BCUT2D eigenvalue weighted by atomic mass is 9.95. The summed E-state index contributed by atoms with van der Waals surface area (Å²) in [6, 6.07) is 7.53. The number of hydrogen-bond acceptors (Lipinski definition) is 4. The van der Waals surface area contributed by atoms with Crippen LogP contribution in [0.3, 0.4) is 0 Å². The van der Waals surface area contributed by atoms with Crippen LogP contribution in [0, 0.1) is 5.92 Å². The van der Waals surface area contributed by atoms with Crippen molar-refractivity contribution in [1.29, 1.82) is 0 Å². The minimum Gasteiger partial charge on any atom is -0.383 e. The third kappa shape index (κ3) is 5.89. The Morgan fingerprint density at radius 3 is 2.54 bits per heavy atom. The van der Waals surface area contributed by atoms with E-state index in [9.17, 15) is 9.59 Å². The van der Waals surface area contributed by atoms with Crippen LogP contribution in [0.15, 0.2) is 28.7 Å². The van der Waals surface area contributed by atoms with E-state index in [2.05, 4.69) is 26.6 Å². The summed E-state index contributed by atoms with van der Waals surface area (Å²) >= 11 is 3.37. The van der Waals surface area contributed by atoms with Gasteiger partial charge in [-0.25, -0.2) is 0 Å². The highest BCUT2D eigenvalue weighted by Gasteiger charge is 2.27. The van der Waals surface area contributed by atoms with Crippen LogP contribution in [-0.4, -0.2) is 56.6 Å². The molecule has 0 saturated carbocycles. The van der Waals surface area contributed by atoms with E-state index >= 15 is 0 Å². The van der Waals surface area contributed by atoms with E-state index in [1.807, 2.05) is 29.2 Å². The third-order valence-corrected chi connectivity index (χ3v) is 4.62. The normalized spacial score (nSPS) is 15.3. The Morgan fingerprint density at radius 2 is 1.92 bits per heavy atom. The van der Waals surface area contributed by atoms with Gasteiger partial charge < -0.3 is 20.3 Å². The highest BCUT2D eigenvalue weighted by molar-refractivity contribution is 9.10. The average molecular weight is 398 g/mol. The Hall–Kier alpha value is -1.44. The second kappa shape index (κ2) is 9.76. The van der Waals surface area contributed by atoms with Crippen LogP contribution in [-0.2, 0) is 14.3 Å². The van der Waals surface area contributed by atoms with Crippen molar-refractivity contribution in [2.75, 3.05) is 45.2 Å². The molecule has 1 saturated heterocycles. The van der Waals surface area contributed by atoms with Crippen molar-refractivity contribution in [1.82, 2.24) is 10.2 Å². The molecule has 2 rings (SSSR count). The van der Waals surface area contributed by atoms with Crippen LogP contribution in [0.1, 0.15) is 12.8 Å². The quantitative estimate of drug-likeness (QED) is 0.688. The van der Waals surface area contributed by atoms with E-state index in [4.69, 9.17) is 4.74 Å². The van der Waals surface area contributed by atoms with Crippen LogP contribution in [0.4, 0.5) is 5.69 Å². The molecule has 1 heterocycles. The number of rotatable bonds is 7. The van der Waals surface area contributed by atoms with Crippen LogP contribution in [0.2, 0.25) is 0 Å². The number of nitrogens with one attached hydrogen (secondary N) is 2. The Bertz CT molecular complexity index is 543. The lowest BCUT2D eigenvalue weighted by Gasteiger charge is -2.31. The van der Waals surface area contributed by atoms with Crippen LogP contribution >= 0.6 is 15.9 Å². The lowest BCUT2D eigenvalue weighted by Crippen LogP contribution is -2.45. The topological polar surface area (TPSA) is 70.7 Å². The van der Waals surface area contributed by atoms with Crippen molar-refractivity contribution < 1.29 is 14.3 Å². The number of anilines is 1. The standard InChI is InChI=1S/C17H24BrN3O3/c1-24-11-8-19-12-16(22)21-9-6-13(7-10-21)17(23)20-15-4-2-14(18)3-5-15/h2-5,13,19H,6-12H2,1H3,(H,20,23). The number of carbonyl (C=O) groups excluding carboxylic acids is 2. The molecule has 1 aromatic carbocycles. The van der Waals surface area contributed by atoms with Gasteiger partial charge in [0.25, 0.3) is 0 Å². The number of methoxy groups -OCH3 is 1. The van der Waals surface area contributed by atoms with E-state index in [0.717, 1.165) is 10.2 Å². The second-order valence-corrected chi connectivity index (χ2v) is 6.74. The molecule has 2 N–H and O–H groups in total. The van der Waals surface area contributed by atoms with Crippen LogP contribution < -0.4 is 10.6 Å². The maximum atomic E-state index is 12.3. The van der Waals surface area contributed by atoms with Gasteiger partial charge in [0, 0.05) is 42.8 Å². The lowest BCUT2D eigenvalue weighted by molar-refractivity contribution is -0.133. The fraction of sp³-hybridized carbons (Fsp3) is 0.529. The molecule has 1 fully saturated rings. The zero-order chi connectivity index (χ0) is 17.4. The first kappa shape index (κ1) is 18.9. The number of amides is 2. The molecule has 24 heavy (non-hydrogen) atoms. The molecule has 1 aliphatic rings. The average Bonchev–Trinajstić information content (AvgIpc) is 2.60. The molecule has 0 spiro atoms. The van der Waals surface area contributed by atoms with Crippen molar-refractivity contribution in [3.8, 4) is 0 Å². The Labute approximate surface area is 151 Å². The summed E-state index contributed by atoms with van der Waals surface area (Å²) in [4.78, 5) is 26.2. The van der Waals surface area contributed by atoms with Gasteiger partial charge >= 0.3 is 0 Å². The fourth-order valence-electron chi connectivity index (χ4n) is 2.65. The van der Waals surface area contributed by atoms with E-state index in [-0.39, 0.29) is 17.7 Å². The zero-order valence-electron chi connectivity index (χ0n) is 13.9. The molecule has 0 atom stereocenters. The number of piperidine rings is 1. The highest BCUT2D eigenvalue weighted by Crippen LogP contribution is 2.20. The Balaban J connectivity index is 1.72. The molecule has 2 amide bonds. The molecule has 0 radical (unpaired) electrons. The first-order valence-corrected chi connectivity index (χ1v) is 8.93. The summed E-state index contributed by atoms with van der Waals surface area (Å²) < 4.78 is 5.91. The fourth-order valence-corrected chi connectivity index (χ4v) is 2.91. The predicted molar refractivity (Wildman–Crippen MR) is 96.8 cm³/mol. The smallest absolute Gasteiger partial charge is 0.236 e. The van der Waals surface area contributed by atoms with E-state index in [0.29, 0.717) is 45.6 Å². The van der Waals surface area contributed by atoms with Gasteiger partial charge in [-0.2, -0.15) is 0 Å². The number of carbonyl (C=O) groups is 2. The molecule has 0 aliphatic carbocycles. The largest absolute Gasteiger partial charge is 0.383 e. The molecular formula is C17H24BrN3O3. The maximum absolute atomic E-state index is 12.3. The van der Waals surface area contributed by atoms with Gasteiger partial charge in [-0.15, -0.1) is 0 Å². The summed E-state index contributed by atoms with van der Waals surface area (Å²) in [6.07, 6.45) is 1.40. The number of hydrogen-bond donors (Lipinski definition) is 2. The summed E-state index contributed by atoms with van der Waals surface area (Å²) in [5.41, 5.74) is 0.795. The number of nitrogens with zero attached hydrogens (tertiary/aromatic N) is 1. The predicted octanol–water partition coefficient (Wildman–Crippen LogP) is 1.86. The van der Waals surface area contributed by atoms with Crippen molar-refractivity contribution in [3.63, 3.8) is 0 Å². The molecule has 6 nitrogen and oxygen atoms in total. The third-order valence-electron chi connectivity index (χ3n) is 4.09. The molecule has 132 valence electrons. The summed E-state index contributed by atoms with van der Waals surface area (Å²) in [7, 11) is 1.63. The van der Waals surface area contributed by atoms with Crippen LogP contribution in [0.5, 0.6) is 0 Å². The molecular weight excluding hydrogens is 374 g/mol. The second-order valence-electron chi connectivity index (χ2n) is 5.82. The van der Waals surface area contributed by atoms with Crippen LogP contribution in [0.25, 0.3) is 0 Å². The molecule has 1 aliphatic heterocycles. The van der Waals surface area contributed by atoms with E-state index in [1.54, 1.807) is 7.11 Å². The van der Waals surface area contributed by atoms with E-state index in [1.165, 1.54) is 0 Å². The molecule has 1 aromatic rings. The minimum absolute atomic E-state index is 0.0302. The summed E-state index contributed by atoms with van der Waals surface area (Å²) in [5, 5.41) is 6.00. The van der Waals surface area contributed by atoms with Gasteiger partial charge in [0.15, 0.2) is 0 Å². The number of likely N-dealkylation sites (tertiary alicyclic amines) is 1. The summed E-state index contributed by atoms with van der Waals surface area (Å²) in [6.45, 7) is 2.82. The van der Waals surface area contributed by atoms with Crippen molar-refractivity contribution in [2.24, 2.45) is 5.92 Å². The molecule has 0 bridgehead atoms. The first-order chi connectivity index (χ1) is 11.6. The van der Waals surface area contributed by atoms with Crippen molar-refractivity contribution in [3.05, 3.63) is 28.7 Å². The highest BCUT2D eigenvalue weighted by atomic mass is 79.9.